The van der Waals surface area contributed by atoms with Crippen molar-refractivity contribution in [2.75, 3.05) is 6.54 Å². The van der Waals surface area contributed by atoms with Gasteiger partial charge in [0.2, 0.25) is 0 Å². The maximum Gasteiger partial charge on any atom is 0.0772 e. The minimum Gasteiger partial charge on any atom is -0.309 e. The zero-order chi connectivity index (χ0) is 14.8. The number of aromatic nitrogens is 4. The van der Waals surface area contributed by atoms with Crippen LogP contribution in [-0.2, 0) is 13.5 Å². The van der Waals surface area contributed by atoms with Crippen LogP contribution >= 0.6 is 11.5 Å². The molecule has 0 aliphatic heterocycles. The molecule has 0 spiro atoms. The molecule has 0 fully saturated rings. The number of para-hydroxylation sites is 1. The van der Waals surface area contributed by atoms with Gasteiger partial charge in [0.05, 0.1) is 21.8 Å². The molecule has 6 heteroatoms. The van der Waals surface area contributed by atoms with Gasteiger partial charge in [-0.3, -0.25) is 4.68 Å². The molecule has 110 valence electrons. The average molecular weight is 301 g/mol. The van der Waals surface area contributed by atoms with Crippen LogP contribution in [0.1, 0.15) is 29.2 Å². The molecule has 0 aliphatic rings. The van der Waals surface area contributed by atoms with E-state index < -0.39 is 0 Å². The van der Waals surface area contributed by atoms with E-state index in [2.05, 4.69) is 45.1 Å². The molecule has 0 aliphatic carbocycles. The molecule has 1 aromatic carbocycles. The topological polar surface area (TPSA) is 55.6 Å². The molecule has 2 heterocycles. The van der Waals surface area contributed by atoms with Crippen LogP contribution in [0.15, 0.2) is 24.3 Å². The Balaban J connectivity index is 1.66. The first-order chi connectivity index (χ1) is 10.2. The number of nitrogens with one attached hydrogen (secondary N) is 1. The van der Waals surface area contributed by atoms with Crippen molar-refractivity contribution < 1.29 is 0 Å². The molecular formula is C15H19N5S. The van der Waals surface area contributed by atoms with Crippen molar-refractivity contribution in [1.29, 1.82) is 0 Å². The SMILES string of the molecule is Cc1nnsc1C(C)NCCc1nn(C)c2ccccc12. The van der Waals surface area contributed by atoms with Crippen molar-refractivity contribution in [3.8, 4) is 0 Å². The summed E-state index contributed by atoms with van der Waals surface area (Å²) in [7, 11) is 1.99. The number of benzene rings is 1. The van der Waals surface area contributed by atoms with Crippen LogP contribution in [0.3, 0.4) is 0 Å². The summed E-state index contributed by atoms with van der Waals surface area (Å²) >= 11 is 1.47. The number of rotatable bonds is 5. The zero-order valence-corrected chi connectivity index (χ0v) is 13.3. The number of hydrogen-bond acceptors (Lipinski definition) is 5. The molecule has 1 N–H and O–H groups in total. The Kier molecular flexibility index (Phi) is 3.98. The Morgan fingerprint density at radius 1 is 1.33 bits per heavy atom. The van der Waals surface area contributed by atoms with Crippen LogP contribution in [0.25, 0.3) is 10.9 Å². The Morgan fingerprint density at radius 3 is 2.90 bits per heavy atom. The van der Waals surface area contributed by atoms with Crippen LogP contribution in [0.2, 0.25) is 0 Å². The van der Waals surface area contributed by atoms with E-state index in [4.69, 9.17) is 0 Å². The fourth-order valence-corrected chi connectivity index (χ4v) is 3.27. The van der Waals surface area contributed by atoms with Gasteiger partial charge in [-0.1, -0.05) is 22.7 Å². The first-order valence-electron chi connectivity index (χ1n) is 7.09. The molecule has 5 nitrogen and oxygen atoms in total. The van der Waals surface area contributed by atoms with E-state index in [0.29, 0.717) is 0 Å². The first kappa shape index (κ1) is 14.2. The summed E-state index contributed by atoms with van der Waals surface area (Å²) < 4.78 is 5.94. The number of fused-ring (bicyclic) bond motifs is 1. The molecule has 0 radical (unpaired) electrons. The third-order valence-corrected chi connectivity index (χ3v) is 4.74. The Labute approximate surface area is 128 Å². The predicted octanol–water partition coefficient (Wildman–Crippen LogP) is 2.63. The molecule has 1 atom stereocenters. The van der Waals surface area contributed by atoms with Gasteiger partial charge in [-0.2, -0.15) is 5.10 Å². The summed E-state index contributed by atoms with van der Waals surface area (Å²) in [5.74, 6) is 0. The maximum absolute atomic E-state index is 4.62. The van der Waals surface area contributed by atoms with E-state index in [1.54, 1.807) is 0 Å². The molecule has 1 unspecified atom stereocenters. The summed E-state index contributed by atoms with van der Waals surface area (Å²) in [4.78, 5) is 1.21. The van der Waals surface area contributed by atoms with Gasteiger partial charge in [-0.15, -0.1) is 5.10 Å². The highest BCUT2D eigenvalue weighted by Crippen LogP contribution is 2.20. The van der Waals surface area contributed by atoms with E-state index in [1.165, 1.54) is 27.3 Å². The fraction of sp³-hybridized carbons (Fsp3) is 0.400. The van der Waals surface area contributed by atoms with Crippen LogP contribution < -0.4 is 5.32 Å². The van der Waals surface area contributed by atoms with Crippen molar-refractivity contribution in [2.45, 2.75) is 26.3 Å². The predicted molar refractivity (Wildman–Crippen MR) is 85.5 cm³/mol. The van der Waals surface area contributed by atoms with Crippen LogP contribution in [0.4, 0.5) is 0 Å². The zero-order valence-electron chi connectivity index (χ0n) is 12.5. The summed E-state index contributed by atoms with van der Waals surface area (Å²) in [5.41, 5.74) is 3.35. The highest BCUT2D eigenvalue weighted by molar-refractivity contribution is 7.05. The third kappa shape index (κ3) is 2.82. The molecule has 0 amide bonds. The molecule has 0 saturated carbocycles. The molecule has 0 bridgehead atoms. The highest BCUT2D eigenvalue weighted by Gasteiger charge is 2.12. The van der Waals surface area contributed by atoms with Gasteiger partial charge >= 0.3 is 0 Å². The van der Waals surface area contributed by atoms with Crippen molar-refractivity contribution in [2.24, 2.45) is 7.05 Å². The van der Waals surface area contributed by atoms with E-state index in [0.717, 1.165) is 24.4 Å². The third-order valence-electron chi connectivity index (χ3n) is 3.73. The normalized spacial score (nSPS) is 12.9. The van der Waals surface area contributed by atoms with Gasteiger partial charge in [0.15, 0.2) is 0 Å². The monoisotopic (exact) mass is 301 g/mol. The first-order valence-corrected chi connectivity index (χ1v) is 7.87. The molecule has 0 saturated heterocycles. The van der Waals surface area contributed by atoms with Crippen LogP contribution in [0.5, 0.6) is 0 Å². The molecular weight excluding hydrogens is 282 g/mol. The Morgan fingerprint density at radius 2 is 2.14 bits per heavy atom. The summed E-state index contributed by atoms with van der Waals surface area (Å²) in [5, 5.41) is 13.5. The summed E-state index contributed by atoms with van der Waals surface area (Å²) in [6, 6.07) is 8.64. The molecule has 2 aromatic heterocycles. The average Bonchev–Trinajstić information content (AvgIpc) is 3.04. The van der Waals surface area contributed by atoms with E-state index in [9.17, 15) is 0 Å². The minimum atomic E-state index is 0.278. The number of aryl methyl sites for hydroxylation is 2. The lowest BCUT2D eigenvalue weighted by Crippen LogP contribution is -2.21. The van der Waals surface area contributed by atoms with Gasteiger partial charge in [0, 0.05) is 31.4 Å². The molecule has 3 aromatic rings. The lowest BCUT2D eigenvalue weighted by molar-refractivity contribution is 0.576. The maximum atomic E-state index is 4.62. The van der Waals surface area contributed by atoms with Gasteiger partial charge in [0.1, 0.15) is 0 Å². The van der Waals surface area contributed by atoms with Crippen LogP contribution in [0, 0.1) is 6.92 Å². The Hall–Kier alpha value is -1.79. The van der Waals surface area contributed by atoms with Gasteiger partial charge in [0.25, 0.3) is 0 Å². The second kappa shape index (κ2) is 5.91. The highest BCUT2D eigenvalue weighted by atomic mass is 32.1. The largest absolute Gasteiger partial charge is 0.309 e. The van der Waals surface area contributed by atoms with Crippen molar-refractivity contribution in [3.63, 3.8) is 0 Å². The van der Waals surface area contributed by atoms with Gasteiger partial charge in [-0.05, 0) is 31.4 Å². The lowest BCUT2D eigenvalue weighted by atomic mass is 10.1. The van der Waals surface area contributed by atoms with E-state index in [-0.39, 0.29) is 6.04 Å². The lowest BCUT2D eigenvalue weighted by Gasteiger charge is -2.11. The smallest absolute Gasteiger partial charge is 0.0772 e. The number of hydrogen-bond donors (Lipinski definition) is 1. The molecule has 21 heavy (non-hydrogen) atoms. The quantitative estimate of drug-likeness (QED) is 0.787. The van der Waals surface area contributed by atoms with Gasteiger partial charge in [-0.25, -0.2) is 0 Å². The van der Waals surface area contributed by atoms with Crippen LogP contribution in [-0.4, -0.2) is 25.9 Å². The summed E-state index contributed by atoms with van der Waals surface area (Å²) in [6.07, 6.45) is 0.914. The second-order valence-corrected chi connectivity index (χ2v) is 6.02. The van der Waals surface area contributed by atoms with E-state index in [1.807, 2.05) is 24.7 Å². The minimum absolute atomic E-state index is 0.278. The second-order valence-electron chi connectivity index (χ2n) is 5.24. The van der Waals surface area contributed by atoms with E-state index >= 15 is 0 Å². The summed E-state index contributed by atoms with van der Waals surface area (Å²) in [6.45, 7) is 5.04. The van der Waals surface area contributed by atoms with Crippen molar-refractivity contribution in [1.82, 2.24) is 24.7 Å². The fourth-order valence-electron chi connectivity index (χ4n) is 2.61. The number of nitrogens with zero attached hydrogens (tertiary/aromatic N) is 4. The standard InChI is InChI=1S/C15H19N5S/c1-10(15-11(2)17-19-21-15)16-9-8-13-12-6-4-5-7-14(12)20(3)18-13/h4-7,10,16H,8-9H2,1-3H3. The Bertz CT molecular complexity index is 745. The van der Waals surface area contributed by atoms with Gasteiger partial charge < -0.3 is 5.32 Å². The van der Waals surface area contributed by atoms with Crippen molar-refractivity contribution in [3.05, 3.63) is 40.5 Å². The molecule has 3 rings (SSSR count). The van der Waals surface area contributed by atoms with Crippen molar-refractivity contribution >= 4 is 22.4 Å².